The molecular weight excluding hydrogens is 1000 g/mol. The number of hydrogen-bond acceptors (Lipinski definition) is 14. The summed E-state index contributed by atoms with van der Waals surface area (Å²) in [5.41, 5.74) is 11.7. The fourth-order valence-electron chi connectivity index (χ4n) is 8.01. The van der Waals surface area contributed by atoms with E-state index in [1.54, 1.807) is 77.9 Å². The Morgan fingerprint density at radius 3 is 1.47 bits per heavy atom. The highest BCUT2D eigenvalue weighted by Crippen LogP contribution is 2.34. The molecule has 2 fully saturated rings. The summed E-state index contributed by atoms with van der Waals surface area (Å²) in [6, 6.07) is 14.3. The fraction of sp³-hybridized carbons (Fsp3) is 0.391. The highest BCUT2D eigenvalue weighted by atomic mass is 79.9. The molecule has 360 valence electrons. The van der Waals surface area contributed by atoms with Crippen molar-refractivity contribution in [3.05, 3.63) is 82.5 Å². The minimum atomic E-state index is -1.18. The van der Waals surface area contributed by atoms with Gasteiger partial charge in [-0.15, -0.1) is 0 Å². The number of nitrogens with zero attached hydrogens (tertiary/aromatic N) is 6. The van der Waals surface area contributed by atoms with E-state index in [9.17, 15) is 19.2 Å². The van der Waals surface area contributed by atoms with Crippen molar-refractivity contribution >= 4 is 112 Å². The Hall–Kier alpha value is -6.68. The second-order valence-corrected chi connectivity index (χ2v) is 20.5. The van der Waals surface area contributed by atoms with E-state index < -0.39 is 34.5 Å². The summed E-state index contributed by atoms with van der Waals surface area (Å²) < 4.78 is 12.5. The number of nitrogen functional groups attached to an aromatic ring is 2. The normalized spacial score (nSPS) is 15.7. The Labute approximate surface area is 409 Å². The van der Waals surface area contributed by atoms with Gasteiger partial charge in [-0.25, -0.2) is 29.5 Å². The van der Waals surface area contributed by atoms with Gasteiger partial charge in [0.15, 0.2) is 0 Å². The van der Waals surface area contributed by atoms with Crippen LogP contribution in [0.25, 0.3) is 22.1 Å². The molecular formula is C46H56Br2N14O6. The molecule has 22 heteroatoms. The third kappa shape index (κ3) is 11.7. The van der Waals surface area contributed by atoms with Crippen molar-refractivity contribution in [1.82, 2.24) is 40.5 Å². The molecule has 0 atom stereocenters. The number of piperidine rings is 2. The number of ether oxygens (including phenoxy) is 2. The zero-order chi connectivity index (χ0) is 49.0. The molecule has 2 aliphatic heterocycles. The molecule has 4 amide bonds. The van der Waals surface area contributed by atoms with Crippen LogP contribution in [0.3, 0.4) is 0 Å². The van der Waals surface area contributed by atoms with E-state index in [4.69, 9.17) is 20.9 Å². The van der Waals surface area contributed by atoms with Gasteiger partial charge in [-0.3, -0.25) is 9.59 Å². The quantitative estimate of drug-likeness (QED) is 0.0682. The number of fused-ring (bicyclic) bond motifs is 2. The van der Waals surface area contributed by atoms with Gasteiger partial charge in [0.2, 0.25) is 11.8 Å². The van der Waals surface area contributed by atoms with Gasteiger partial charge < -0.3 is 62.0 Å². The van der Waals surface area contributed by atoms with Crippen molar-refractivity contribution in [2.24, 2.45) is 0 Å². The molecule has 0 unspecified atom stereocenters. The monoisotopic (exact) mass is 1060 g/mol. The Morgan fingerprint density at radius 2 is 1.03 bits per heavy atom. The molecule has 0 radical (unpaired) electrons. The van der Waals surface area contributed by atoms with Crippen molar-refractivity contribution in [3.8, 4) is 0 Å². The molecule has 0 aliphatic carbocycles. The predicted octanol–water partition coefficient (Wildman–Crippen LogP) is 7.61. The average Bonchev–Trinajstić information content (AvgIpc) is 3.96. The van der Waals surface area contributed by atoms with E-state index in [0.717, 1.165) is 42.6 Å². The number of halogens is 2. The van der Waals surface area contributed by atoms with Crippen LogP contribution in [0.4, 0.5) is 44.0 Å². The third-order valence-electron chi connectivity index (χ3n) is 11.4. The summed E-state index contributed by atoms with van der Waals surface area (Å²) >= 11 is 6.77. The summed E-state index contributed by atoms with van der Waals surface area (Å²) in [4.78, 5) is 80.3. The van der Waals surface area contributed by atoms with Crippen LogP contribution < -0.4 is 42.5 Å². The van der Waals surface area contributed by atoms with Gasteiger partial charge in [0.05, 0.1) is 33.5 Å². The first-order valence-electron chi connectivity index (χ1n) is 21.9. The summed E-state index contributed by atoms with van der Waals surface area (Å²) in [7, 11) is 0. The molecule has 10 N–H and O–H groups in total. The zero-order valence-electron chi connectivity index (χ0n) is 38.6. The van der Waals surface area contributed by atoms with Crippen molar-refractivity contribution in [3.63, 3.8) is 0 Å². The summed E-state index contributed by atoms with van der Waals surface area (Å²) in [5, 5.41) is 13.3. The predicted molar refractivity (Wildman–Crippen MR) is 269 cm³/mol. The van der Waals surface area contributed by atoms with Crippen LogP contribution in [0.5, 0.6) is 0 Å². The smallest absolute Gasteiger partial charge is 0.408 e. The van der Waals surface area contributed by atoms with Crippen LogP contribution in [0.15, 0.2) is 82.5 Å². The highest BCUT2D eigenvalue weighted by molar-refractivity contribution is 9.10. The minimum Gasteiger partial charge on any atom is -0.444 e. The van der Waals surface area contributed by atoms with Crippen LogP contribution in [-0.2, 0) is 19.1 Å². The first-order valence-corrected chi connectivity index (χ1v) is 23.5. The molecule has 4 aromatic heterocycles. The molecule has 68 heavy (non-hydrogen) atoms. The maximum atomic E-state index is 13.6. The number of rotatable bonds is 8. The van der Waals surface area contributed by atoms with E-state index in [0.29, 0.717) is 74.6 Å². The lowest BCUT2D eigenvalue weighted by atomic mass is 9.86. The lowest BCUT2D eigenvalue weighted by Crippen LogP contribution is -2.62. The van der Waals surface area contributed by atoms with Gasteiger partial charge >= 0.3 is 12.2 Å². The third-order valence-corrected chi connectivity index (χ3v) is 12.4. The maximum Gasteiger partial charge on any atom is 0.408 e. The summed E-state index contributed by atoms with van der Waals surface area (Å²) in [6.07, 6.45) is 6.77. The van der Waals surface area contributed by atoms with E-state index >= 15 is 0 Å². The molecule has 0 spiro atoms. The Kier molecular flexibility index (Phi) is 14.4. The van der Waals surface area contributed by atoms with E-state index in [-0.39, 0.29) is 11.8 Å². The van der Waals surface area contributed by atoms with E-state index in [1.165, 1.54) is 12.7 Å². The van der Waals surface area contributed by atoms with Crippen LogP contribution in [0.1, 0.15) is 67.2 Å². The summed E-state index contributed by atoms with van der Waals surface area (Å²) in [5.74, 6) is 0.877. The largest absolute Gasteiger partial charge is 0.444 e. The first-order chi connectivity index (χ1) is 32.1. The topological polar surface area (TPSA) is 277 Å². The highest BCUT2D eigenvalue weighted by Gasteiger charge is 2.46. The molecule has 2 aromatic carbocycles. The number of nitrogens with one attached hydrogen (secondary N) is 6. The standard InChI is InChI=1S/2C23H28BrN7O3/c1-22(2,3)34-21(33)30-23(20(32)29-17-5-4-14(24)12-16(17)25)7-10-31(11-8-23)19-15-6-9-26-18(15)27-13-28-19;1-22(2,3)34-21(33)30-23(20(32)29-17-12-14(24)4-5-16(17)25)7-10-31(11-8-23)19-15-6-9-26-18(15)27-13-28-19/h2*4-6,9,12-13H,7-8,10-11,25H2,1-3H3,(H,29,32)(H,30,33)(H,26,27,28). The number of benzene rings is 2. The second kappa shape index (κ2) is 19.9. The van der Waals surface area contributed by atoms with Gasteiger partial charge in [-0.2, -0.15) is 0 Å². The molecule has 2 aliphatic rings. The van der Waals surface area contributed by atoms with Gasteiger partial charge in [0.25, 0.3) is 0 Å². The Morgan fingerprint density at radius 1 is 0.603 bits per heavy atom. The Balaban J connectivity index is 0.000000201. The fourth-order valence-corrected chi connectivity index (χ4v) is 8.75. The number of H-pyrrole nitrogens is 2. The molecule has 0 saturated carbocycles. The molecule has 6 heterocycles. The first kappa shape index (κ1) is 49.2. The van der Waals surface area contributed by atoms with E-state index in [2.05, 4.69) is 92.8 Å². The van der Waals surface area contributed by atoms with Gasteiger partial charge in [-0.05, 0) is 116 Å². The number of amides is 4. The number of hydrogen-bond donors (Lipinski definition) is 8. The molecule has 2 saturated heterocycles. The lowest BCUT2D eigenvalue weighted by molar-refractivity contribution is -0.124. The van der Waals surface area contributed by atoms with Crippen LogP contribution in [0, 0.1) is 0 Å². The average molecular weight is 1060 g/mol. The zero-order valence-corrected chi connectivity index (χ0v) is 41.8. The summed E-state index contributed by atoms with van der Waals surface area (Å²) in [6.45, 7) is 12.7. The SMILES string of the molecule is CC(C)(C)OC(=O)NC1(C(=O)Nc2cc(Br)ccc2N)CCN(c2ncnc3[nH]ccc23)CC1.CC(C)(C)OC(=O)NC1(C(=O)Nc2ccc(Br)cc2N)CCN(c2ncnc3[nH]ccc23)CC1. The number of alkyl carbamates (subject to hydrolysis) is 2. The molecule has 20 nitrogen and oxygen atoms in total. The number of aromatic nitrogens is 6. The van der Waals surface area contributed by atoms with Crippen molar-refractivity contribution in [2.75, 3.05) is 58.1 Å². The second-order valence-electron chi connectivity index (χ2n) is 18.6. The molecule has 8 rings (SSSR count). The minimum absolute atomic E-state index is 0.346. The number of anilines is 6. The van der Waals surface area contributed by atoms with Crippen molar-refractivity contribution < 1.29 is 28.7 Å². The molecule has 0 bridgehead atoms. The number of aromatic amines is 2. The van der Waals surface area contributed by atoms with Gasteiger partial charge in [0, 0.05) is 47.5 Å². The molecule has 6 aromatic rings. The van der Waals surface area contributed by atoms with Gasteiger partial charge in [-0.1, -0.05) is 31.9 Å². The van der Waals surface area contributed by atoms with Crippen molar-refractivity contribution in [1.29, 1.82) is 0 Å². The van der Waals surface area contributed by atoms with Crippen LogP contribution in [0.2, 0.25) is 0 Å². The van der Waals surface area contributed by atoms with Crippen LogP contribution >= 0.6 is 31.9 Å². The number of carbonyl (C=O) groups excluding carboxylic acids is 4. The lowest BCUT2D eigenvalue weighted by Gasteiger charge is -2.41. The van der Waals surface area contributed by atoms with Crippen molar-refractivity contribution in [2.45, 2.75) is 89.5 Å². The Bertz CT molecular complexity index is 2800. The van der Waals surface area contributed by atoms with Crippen LogP contribution in [-0.4, -0.2) is 102 Å². The van der Waals surface area contributed by atoms with E-state index in [1.807, 2.05) is 24.5 Å². The number of nitrogens with two attached hydrogens (primary N) is 2. The maximum absolute atomic E-state index is 13.6. The number of carbonyl (C=O) groups is 4. The van der Waals surface area contributed by atoms with Gasteiger partial charge in [0.1, 0.15) is 57.9 Å².